The highest BCUT2D eigenvalue weighted by molar-refractivity contribution is 5.40. The van der Waals surface area contributed by atoms with Crippen LogP contribution in [0.3, 0.4) is 0 Å². The number of hydrogen-bond acceptors (Lipinski definition) is 5. The summed E-state index contributed by atoms with van der Waals surface area (Å²) in [6.07, 6.45) is 1.87. The van der Waals surface area contributed by atoms with Crippen molar-refractivity contribution in [2.75, 3.05) is 27.4 Å². The van der Waals surface area contributed by atoms with Gasteiger partial charge in [0.05, 0.1) is 13.7 Å². The minimum absolute atomic E-state index is 0.206. The number of rotatable bonds is 9. The highest BCUT2D eigenvalue weighted by atomic mass is 16.5. The van der Waals surface area contributed by atoms with E-state index < -0.39 is 6.10 Å². The van der Waals surface area contributed by atoms with Crippen molar-refractivity contribution in [1.82, 2.24) is 5.32 Å². The summed E-state index contributed by atoms with van der Waals surface area (Å²) in [7, 11) is 3.18. The molecule has 1 unspecified atom stereocenters. The number of aliphatic hydroxyl groups excluding tert-OH is 1. The van der Waals surface area contributed by atoms with Gasteiger partial charge in [0.15, 0.2) is 0 Å². The second kappa shape index (κ2) is 7.47. The second-order valence-corrected chi connectivity index (χ2v) is 5.05. The Labute approximate surface area is 119 Å². The summed E-state index contributed by atoms with van der Waals surface area (Å²) >= 11 is 0. The monoisotopic (exact) mass is 281 g/mol. The molecule has 0 radical (unpaired) electrons. The van der Waals surface area contributed by atoms with E-state index in [0.29, 0.717) is 6.04 Å². The normalized spacial score (nSPS) is 15.9. The van der Waals surface area contributed by atoms with Gasteiger partial charge in [0.25, 0.3) is 0 Å². The van der Waals surface area contributed by atoms with Crippen LogP contribution in [0, 0.1) is 0 Å². The van der Waals surface area contributed by atoms with Crippen molar-refractivity contribution in [2.24, 2.45) is 0 Å². The van der Waals surface area contributed by atoms with E-state index >= 15 is 0 Å². The lowest BCUT2D eigenvalue weighted by Crippen LogP contribution is -2.23. The van der Waals surface area contributed by atoms with Crippen molar-refractivity contribution in [1.29, 1.82) is 0 Å². The van der Waals surface area contributed by atoms with E-state index in [9.17, 15) is 5.11 Å². The molecule has 0 amide bonds. The molecule has 2 N–H and O–H groups in total. The molecule has 1 fully saturated rings. The molecule has 1 aliphatic rings. The fraction of sp³-hybridized carbons (Fsp3) is 0.600. The number of ether oxygens (including phenoxy) is 3. The molecule has 2 rings (SSSR count). The van der Waals surface area contributed by atoms with Crippen LogP contribution in [0.1, 0.15) is 18.4 Å². The fourth-order valence-electron chi connectivity index (χ4n) is 1.91. The van der Waals surface area contributed by atoms with Crippen molar-refractivity contribution in [3.63, 3.8) is 0 Å². The summed E-state index contributed by atoms with van der Waals surface area (Å²) in [6.45, 7) is 1.24. The molecule has 0 aliphatic heterocycles. The highest BCUT2D eigenvalue weighted by Crippen LogP contribution is 2.26. The Morgan fingerprint density at radius 3 is 2.75 bits per heavy atom. The average Bonchev–Trinajstić information content (AvgIpc) is 3.27. The topological polar surface area (TPSA) is 60.0 Å². The van der Waals surface area contributed by atoms with Crippen molar-refractivity contribution >= 4 is 0 Å². The molecular formula is C15H23NO4. The lowest BCUT2D eigenvalue weighted by Gasteiger charge is -2.16. The number of hydrogen-bond donors (Lipinski definition) is 2. The Morgan fingerprint density at radius 2 is 2.10 bits per heavy atom. The van der Waals surface area contributed by atoms with Crippen LogP contribution >= 0.6 is 0 Å². The smallest absolute Gasteiger partial charge is 0.127 e. The third-order valence-electron chi connectivity index (χ3n) is 3.22. The van der Waals surface area contributed by atoms with Crippen LogP contribution in [0.4, 0.5) is 0 Å². The maximum atomic E-state index is 9.66. The van der Waals surface area contributed by atoms with Gasteiger partial charge in [-0.05, 0) is 18.9 Å². The van der Waals surface area contributed by atoms with Crippen molar-refractivity contribution in [2.45, 2.75) is 31.5 Å². The minimum Gasteiger partial charge on any atom is -0.497 e. The van der Waals surface area contributed by atoms with Crippen LogP contribution in [-0.2, 0) is 11.3 Å². The summed E-state index contributed by atoms with van der Waals surface area (Å²) in [5.41, 5.74) is 1.07. The summed E-state index contributed by atoms with van der Waals surface area (Å²) in [5, 5.41) is 13.1. The molecular weight excluding hydrogens is 258 g/mol. The molecule has 1 saturated carbocycles. The predicted molar refractivity (Wildman–Crippen MR) is 76.2 cm³/mol. The van der Waals surface area contributed by atoms with Crippen LogP contribution in [-0.4, -0.2) is 44.7 Å². The average molecular weight is 281 g/mol. The Hall–Kier alpha value is -1.30. The first-order valence-electron chi connectivity index (χ1n) is 6.93. The van der Waals surface area contributed by atoms with Gasteiger partial charge in [0.2, 0.25) is 0 Å². The quantitative estimate of drug-likeness (QED) is 0.715. The Balaban J connectivity index is 1.97. The van der Waals surface area contributed by atoms with Gasteiger partial charge in [-0.25, -0.2) is 0 Å². The summed E-state index contributed by atoms with van der Waals surface area (Å²) < 4.78 is 15.8. The Bertz CT molecular complexity index is 420. The number of aliphatic hydroxyl groups is 1. The molecule has 0 heterocycles. The third-order valence-corrected chi connectivity index (χ3v) is 3.22. The summed E-state index contributed by atoms with van der Waals surface area (Å²) in [5.74, 6) is 1.49. The number of benzene rings is 1. The molecule has 1 atom stereocenters. The maximum absolute atomic E-state index is 9.66. The SMILES string of the molecule is COCC(O)COc1cc(OC)ccc1CNC1CC1. The predicted octanol–water partition coefficient (Wildman–Crippen LogP) is 1.33. The minimum atomic E-state index is -0.629. The van der Waals surface area contributed by atoms with Crippen LogP contribution in [0.2, 0.25) is 0 Å². The van der Waals surface area contributed by atoms with Crippen LogP contribution < -0.4 is 14.8 Å². The van der Waals surface area contributed by atoms with E-state index in [4.69, 9.17) is 14.2 Å². The molecule has 1 aliphatic carbocycles. The molecule has 0 spiro atoms. The van der Waals surface area contributed by atoms with Gasteiger partial charge in [0, 0.05) is 31.3 Å². The first kappa shape index (κ1) is 15.1. The first-order valence-corrected chi connectivity index (χ1v) is 6.93. The Kier molecular flexibility index (Phi) is 5.64. The zero-order valence-corrected chi connectivity index (χ0v) is 12.1. The zero-order valence-electron chi connectivity index (χ0n) is 12.1. The van der Waals surface area contributed by atoms with Gasteiger partial charge in [-0.2, -0.15) is 0 Å². The van der Waals surface area contributed by atoms with E-state index in [1.54, 1.807) is 14.2 Å². The van der Waals surface area contributed by atoms with Gasteiger partial charge >= 0.3 is 0 Å². The molecule has 112 valence electrons. The van der Waals surface area contributed by atoms with E-state index in [0.717, 1.165) is 23.6 Å². The molecule has 5 nitrogen and oxygen atoms in total. The molecule has 1 aromatic carbocycles. The summed E-state index contributed by atoms with van der Waals surface area (Å²) in [6, 6.07) is 6.40. The lowest BCUT2D eigenvalue weighted by atomic mass is 10.2. The first-order chi connectivity index (χ1) is 9.72. The number of methoxy groups -OCH3 is 2. The van der Waals surface area contributed by atoms with Crippen LogP contribution in [0.25, 0.3) is 0 Å². The number of nitrogens with one attached hydrogen (secondary N) is 1. The van der Waals surface area contributed by atoms with Gasteiger partial charge in [-0.15, -0.1) is 0 Å². The molecule has 0 saturated heterocycles. The zero-order chi connectivity index (χ0) is 14.4. The standard InChI is InChI=1S/C15H23NO4/c1-18-9-13(17)10-20-15-7-14(19-2)6-3-11(15)8-16-12-4-5-12/h3,6-7,12-13,16-17H,4-5,8-10H2,1-2H3. The van der Waals surface area contributed by atoms with Crippen molar-refractivity contribution < 1.29 is 19.3 Å². The largest absolute Gasteiger partial charge is 0.497 e. The molecule has 5 heteroatoms. The molecule has 0 aromatic heterocycles. The van der Waals surface area contributed by atoms with E-state index in [1.165, 1.54) is 12.8 Å². The van der Waals surface area contributed by atoms with E-state index in [1.807, 2.05) is 18.2 Å². The van der Waals surface area contributed by atoms with Gasteiger partial charge in [-0.3, -0.25) is 0 Å². The molecule has 1 aromatic rings. The van der Waals surface area contributed by atoms with Crippen LogP contribution in [0.5, 0.6) is 11.5 Å². The second-order valence-electron chi connectivity index (χ2n) is 5.05. The summed E-state index contributed by atoms with van der Waals surface area (Å²) in [4.78, 5) is 0. The highest BCUT2D eigenvalue weighted by Gasteiger charge is 2.20. The van der Waals surface area contributed by atoms with E-state index in [-0.39, 0.29) is 13.2 Å². The van der Waals surface area contributed by atoms with Crippen molar-refractivity contribution in [3.05, 3.63) is 23.8 Å². The van der Waals surface area contributed by atoms with Crippen LogP contribution in [0.15, 0.2) is 18.2 Å². The lowest BCUT2D eigenvalue weighted by molar-refractivity contribution is 0.0322. The maximum Gasteiger partial charge on any atom is 0.127 e. The van der Waals surface area contributed by atoms with Gasteiger partial charge in [-0.1, -0.05) is 6.07 Å². The molecule has 0 bridgehead atoms. The van der Waals surface area contributed by atoms with Gasteiger partial charge in [0.1, 0.15) is 24.2 Å². The fourth-order valence-corrected chi connectivity index (χ4v) is 1.91. The Morgan fingerprint density at radius 1 is 1.30 bits per heavy atom. The van der Waals surface area contributed by atoms with Gasteiger partial charge < -0.3 is 24.6 Å². The van der Waals surface area contributed by atoms with E-state index in [2.05, 4.69) is 5.32 Å². The third kappa shape index (κ3) is 4.67. The molecule has 20 heavy (non-hydrogen) atoms. The van der Waals surface area contributed by atoms with Crippen molar-refractivity contribution in [3.8, 4) is 11.5 Å².